The third-order valence-corrected chi connectivity index (χ3v) is 4.67. The SMILES string of the molecule is Nc1ncnc2c1ncn2[C@@H]1O[C@H](COC(=O)c2cccc(Cl)c2)[C@@H](O)[C@H]1O. The van der Waals surface area contributed by atoms with Crippen molar-refractivity contribution in [2.24, 2.45) is 0 Å². The van der Waals surface area contributed by atoms with Crippen LogP contribution in [-0.4, -0.2) is 60.6 Å². The van der Waals surface area contributed by atoms with Crippen LogP contribution in [0.3, 0.4) is 0 Å². The van der Waals surface area contributed by atoms with Gasteiger partial charge in [-0.2, -0.15) is 0 Å². The third-order valence-electron chi connectivity index (χ3n) is 4.44. The van der Waals surface area contributed by atoms with Crippen molar-refractivity contribution in [2.75, 3.05) is 12.3 Å². The molecule has 0 unspecified atom stereocenters. The van der Waals surface area contributed by atoms with E-state index in [1.807, 2.05) is 0 Å². The number of nitrogens with zero attached hydrogens (tertiary/aromatic N) is 4. The molecule has 4 N–H and O–H groups in total. The van der Waals surface area contributed by atoms with E-state index >= 15 is 0 Å². The maximum atomic E-state index is 12.1. The number of rotatable bonds is 4. The molecular formula is C17H16ClN5O5. The molecule has 0 bridgehead atoms. The molecule has 1 saturated heterocycles. The lowest BCUT2D eigenvalue weighted by atomic mass is 10.1. The van der Waals surface area contributed by atoms with Gasteiger partial charge in [0.15, 0.2) is 17.7 Å². The molecule has 11 heteroatoms. The Bertz CT molecular complexity index is 1030. The number of nitrogen functional groups attached to an aromatic ring is 1. The molecule has 0 spiro atoms. The lowest BCUT2D eigenvalue weighted by Crippen LogP contribution is -2.34. The maximum Gasteiger partial charge on any atom is 0.338 e. The molecule has 0 amide bonds. The molecule has 3 aromatic rings. The van der Waals surface area contributed by atoms with Crippen molar-refractivity contribution in [3.63, 3.8) is 0 Å². The van der Waals surface area contributed by atoms with E-state index < -0.39 is 30.5 Å². The summed E-state index contributed by atoms with van der Waals surface area (Å²) in [6.07, 6.45) is -1.85. The number of hydrogen-bond acceptors (Lipinski definition) is 9. The van der Waals surface area contributed by atoms with Crippen molar-refractivity contribution in [3.05, 3.63) is 47.5 Å². The number of carbonyl (C=O) groups excluding carboxylic acids is 1. The van der Waals surface area contributed by atoms with Crippen LogP contribution in [0, 0.1) is 0 Å². The molecule has 4 rings (SSSR count). The van der Waals surface area contributed by atoms with E-state index in [4.69, 9.17) is 26.8 Å². The summed E-state index contributed by atoms with van der Waals surface area (Å²) in [5.41, 5.74) is 6.72. The molecule has 0 radical (unpaired) electrons. The molecule has 10 nitrogen and oxygen atoms in total. The summed E-state index contributed by atoms with van der Waals surface area (Å²) in [7, 11) is 0. The normalized spacial score (nSPS) is 24.5. The Morgan fingerprint density at radius 1 is 1.29 bits per heavy atom. The summed E-state index contributed by atoms with van der Waals surface area (Å²) in [6, 6.07) is 6.28. The molecule has 3 heterocycles. The van der Waals surface area contributed by atoms with Crippen LogP contribution in [0.5, 0.6) is 0 Å². The molecule has 1 aromatic carbocycles. The number of aliphatic hydroxyl groups excluding tert-OH is 2. The Morgan fingerprint density at radius 2 is 2.11 bits per heavy atom. The van der Waals surface area contributed by atoms with Crippen molar-refractivity contribution in [1.82, 2.24) is 19.5 Å². The van der Waals surface area contributed by atoms with Gasteiger partial charge in [-0.3, -0.25) is 4.57 Å². The minimum atomic E-state index is -1.29. The highest BCUT2D eigenvalue weighted by atomic mass is 35.5. The van der Waals surface area contributed by atoms with Gasteiger partial charge in [-0.1, -0.05) is 17.7 Å². The van der Waals surface area contributed by atoms with E-state index in [1.165, 1.54) is 23.3 Å². The zero-order valence-electron chi connectivity index (χ0n) is 14.3. The first-order chi connectivity index (χ1) is 13.5. The van der Waals surface area contributed by atoms with Crippen LogP contribution >= 0.6 is 11.6 Å². The van der Waals surface area contributed by atoms with Gasteiger partial charge in [-0.25, -0.2) is 19.7 Å². The van der Waals surface area contributed by atoms with Gasteiger partial charge in [-0.15, -0.1) is 0 Å². The Labute approximate surface area is 163 Å². The van der Waals surface area contributed by atoms with Crippen LogP contribution in [0.15, 0.2) is 36.9 Å². The molecule has 0 aliphatic carbocycles. The number of anilines is 1. The highest BCUT2D eigenvalue weighted by Gasteiger charge is 2.45. The second-order valence-corrected chi connectivity index (χ2v) is 6.67. The van der Waals surface area contributed by atoms with Crippen LogP contribution in [0.2, 0.25) is 5.02 Å². The van der Waals surface area contributed by atoms with E-state index in [0.29, 0.717) is 16.2 Å². The number of hydrogen-bond donors (Lipinski definition) is 3. The first-order valence-corrected chi connectivity index (χ1v) is 8.71. The number of aliphatic hydroxyl groups is 2. The van der Waals surface area contributed by atoms with Gasteiger partial charge in [0.05, 0.1) is 11.9 Å². The molecule has 146 valence electrons. The summed E-state index contributed by atoms with van der Waals surface area (Å²) in [5.74, 6) is -0.436. The van der Waals surface area contributed by atoms with E-state index in [9.17, 15) is 15.0 Å². The van der Waals surface area contributed by atoms with Gasteiger partial charge in [0, 0.05) is 5.02 Å². The number of nitrogens with two attached hydrogens (primary N) is 1. The highest BCUT2D eigenvalue weighted by Crippen LogP contribution is 2.32. The quantitative estimate of drug-likeness (QED) is 0.529. The predicted molar refractivity (Wildman–Crippen MR) is 97.4 cm³/mol. The van der Waals surface area contributed by atoms with E-state index in [0.717, 1.165) is 0 Å². The van der Waals surface area contributed by atoms with Crippen LogP contribution in [0.1, 0.15) is 16.6 Å². The van der Waals surface area contributed by atoms with Crippen molar-refractivity contribution in [1.29, 1.82) is 0 Å². The van der Waals surface area contributed by atoms with Crippen molar-refractivity contribution < 1.29 is 24.5 Å². The van der Waals surface area contributed by atoms with Gasteiger partial charge in [0.2, 0.25) is 0 Å². The minimum absolute atomic E-state index is 0.184. The molecule has 1 fully saturated rings. The fourth-order valence-corrected chi connectivity index (χ4v) is 3.20. The number of imidazole rings is 1. The predicted octanol–water partition coefficient (Wildman–Crippen LogP) is 0.538. The van der Waals surface area contributed by atoms with Gasteiger partial charge in [0.25, 0.3) is 0 Å². The Balaban J connectivity index is 1.48. The number of fused-ring (bicyclic) bond motifs is 1. The lowest BCUT2D eigenvalue weighted by Gasteiger charge is -2.16. The van der Waals surface area contributed by atoms with E-state index in [2.05, 4.69) is 15.0 Å². The monoisotopic (exact) mass is 405 g/mol. The Morgan fingerprint density at radius 3 is 2.89 bits per heavy atom. The molecule has 1 aliphatic rings. The highest BCUT2D eigenvalue weighted by molar-refractivity contribution is 6.30. The number of esters is 1. The molecule has 2 aromatic heterocycles. The number of halogens is 1. The zero-order chi connectivity index (χ0) is 19.8. The molecular weight excluding hydrogens is 390 g/mol. The summed E-state index contributed by atoms with van der Waals surface area (Å²) >= 11 is 5.86. The fourth-order valence-electron chi connectivity index (χ4n) is 3.01. The summed E-state index contributed by atoms with van der Waals surface area (Å²) in [6.45, 7) is -0.260. The molecule has 1 aliphatic heterocycles. The van der Waals surface area contributed by atoms with E-state index in [1.54, 1.807) is 18.2 Å². The second kappa shape index (κ2) is 7.32. The average Bonchev–Trinajstić information content (AvgIpc) is 3.23. The van der Waals surface area contributed by atoms with Gasteiger partial charge in [0.1, 0.15) is 36.8 Å². The standard InChI is InChI=1S/C17H16ClN5O5/c18-9-3-1-2-8(4-9)17(26)27-5-10-12(24)13(25)16(28-10)23-7-22-11-14(19)20-6-21-15(11)23/h1-4,6-7,10,12-13,16,24-25H,5H2,(H2,19,20,21)/t10-,12-,13-,16-/m1/s1. The van der Waals surface area contributed by atoms with Crippen molar-refractivity contribution >= 4 is 34.6 Å². The Hall–Kier alpha value is -2.79. The molecule has 4 atom stereocenters. The maximum absolute atomic E-state index is 12.1. The van der Waals surface area contributed by atoms with Gasteiger partial charge in [-0.05, 0) is 18.2 Å². The second-order valence-electron chi connectivity index (χ2n) is 6.24. The summed E-state index contributed by atoms with van der Waals surface area (Å²) in [4.78, 5) is 24.2. The number of aromatic nitrogens is 4. The van der Waals surface area contributed by atoms with Gasteiger partial charge >= 0.3 is 5.97 Å². The zero-order valence-corrected chi connectivity index (χ0v) is 15.1. The van der Waals surface area contributed by atoms with Crippen LogP contribution in [0.4, 0.5) is 5.82 Å². The molecule has 0 saturated carbocycles. The van der Waals surface area contributed by atoms with Crippen LogP contribution in [0.25, 0.3) is 11.2 Å². The summed E-state index contributed by atoms with van der Waals surface area (Å²) in [5, 5.41) is 21.1. The largest absolute Gasteiger partial charge is 0.459 e. The smallest absolute Gasteiger partial charge is 0.338 e. The number of carbonyl (C=O) groups is 1. The first-order valence-electron chi connectivity index (χ1n) is 8.33. The first kappa shape index (κ1) is 18.6. The average molecular weight is 406 g/mol. The van der Waals surface area contributed by atoms with Crippen molar-refractivity contribution in [3.8, 4) is 0 Å². The van der Waals surface area contributed by atoms with Gasteiger partial charge < -0.3 is 25.4 Å². The van der Waals surface area contributed by atoms with Crippen LogP contribution < -0.4 is 5.73 Å². The Kier molecular flexibility index (Phi) is 4.85. The topological polar surface area (TPSA) is 146 Å². The minimum Gasteiger partial charge on any atom is -0.459 e. The number of ether oxygens (including phenoxy) is 2. The van der Waals surface area contributed by atoms with Crippen molar-refractivity contribution in [2.45, 2.75) is 24.5 Å². The number of benzene rings is 1. The van der Waals surface area contributed by atoms with E-state index in [-0.39, 0.29) is 18.0 Å². The fraction of sp³-hybridized carbons (Fsp3) is 0.294. The van der Waals surface area contributed by atoms with Crippen LogP contribution in [-0.2, 0) is 9.47 Å². The third kappa shape index (κ3) is 3.27. The summed E-state index contributed by atoms with van der Waals surface area (Å²) < 4.78 is 12.3. The lowest BCUT2D eigenvalue weighted by molar-refractivity contribution is -0.0565. The molecule has 28 heavy (non-hydrogen) atoms.